The van der Waals surface area contributed by atoms with Crippen LogP contribution in [0.25, 0.3) is 6.08 Å². The maximum atomic E-state index is 13.9. The van der Waals surface area contributed by atoms with Gasteiger partial charge in [0.2, 0.25) is 0 Å². The minimum absolute atomic E-state index is 0.00188. The first-order valence-electron chi connectivity index (χ1n) is 11.5. The van der Waals surface area contributed by atoms with Crippen molar-refractivity contribution in [2.75, 3.05) is 20.3 Å². The summed E-state index contributed by atoms with van der Waals surface area (Å²) in [4.78, 5) is 32.1. The molecule has 0 amide bonds. The van der Waals surface area contributed by atoms with Crippen molar-refractivity contribution in [3.8, 4) is 17.2 Å². The number of rotatable bonds is 7. The number of benzene rings is 2. The molecule has 200 valence electrons. The van der Waals surface area contributed by atoms with Gasteiger partial charge < -0.3 is 19.3 Å². The first-order chi connectivity index (χ1) is 18.1. The second kappa shape index (κ2) is 11.8. The van der Waals surface area contributed by atoms with Gasteiger partial charge in [0.1, 0.15) is 5.75 Å². The Labute approximate surface area is 247 Å². The molecule has 4 rings (SSSR count). The highest BCUT2D eigenvalue weighted by atomic mass is 79.9. The number of hydrogen-bond donors (Lipinski definition) is 1. The van der Waals surface area contributed by atoms with Crippen LogP contribution in [-0.4, -0.2) is 36.0 Å². The smallest absolute Gasteiger partial charge is 0.338 e. The molecule has 8 nitrogen and oxygen atoms in total. The van der Waals surface area contributed by atoms with Gasteiger partial charge in [-0.2, -0.15) is 0 Å². The van der Waals surface area contributed by atoms with Gasteiger partial charge in [0, 0.05) is 14.5 Å². The van der Waals surface area contributed by atoms with Crippen LogP contribution in [-0.2, 0) is 9.53 Å². The van der Waals surface area contributed by atoms with Crippen molar-refractivity contribution < 1.29 is 24.1 Å². The normalized spacial score (nSPS) is 15.2. The van der Waals surface area contributed by atoms with Crippen molar-refractivity contribution in [1.29, 1.82) is 0 Å². The summed E-state index contributed by atoms with van der Waals surface area (Å²) >= 11 is 11.5. The molecule has 0 spiro atoms. The first kappa shape index (κ1) is 28.6. The largest absolute Gasteiger partial charge is 0.506 e. The molecule has 1 aromatic heterocycles. The fourth-order valence-electron chi connectivity index (χ4n) is 4.11. The van der Waals surface area contributed by atoms with Crippen LogP contribution in [0.4, 0.5) is 0 Å². The molecule has 0 aliphatic carbocycles. The second-order valence-corrected chi connectivity index (χ2v) is 11.7. The zero-order valence-corrected chi connectivity index (χ0v) is 26.4. The van der Waals surface area contributed by atoms with Gasteiger partial charge in [0.15, 0.2) is 16.3 Å². The predicted molar refractivity (Wildman–Crippen MR) is 156 cm³/mol. The lowest BCUT2D eigenvalue weighted by atomic mass is 9.95. The maximum absolute atomic E-state index is 13.9. The lowest BCUT2D eigenvalue weighted by molar-refractivity contribution is -0.139. The number of halogens is 3. The van der Waals surface area contributed by atoms with Crippen molar-refractivity contribution in [3.63, 3.8) is 0 Å². The summed E-state index contributed by atoms with van der Waals surface area (Å²) in [5.74, 6) is 0.403. The van der Waals surface area contributed by atoms with E-state index in [4.69, 9.17) is 14.2 Å². The molecular formula is C26H23Br3N2O6S. The quantitative estimate of drug-likeness (QED) is 0.336. The van der Waals surface area contributed by atoms with E-state index in [9.17, 15) is 14.7 Å². The number of carbonyl (C=O) groups excluding carboxylic acids is 1. The highest BCUT2D eigenvalue weighted by Gasteiger charge is 2.35. The molecule has 0 unspecified atom stereocenters. The van der Waals surface area contributed by atoms with Crippen molar-refractivity contribution in [3.05, 3.63) is 79.8 Å². The number of phenols is 1. The topological polar surface area (TPSA) is 99.4 Å². The Morgan fingerprint density at radius 1 is 1.13 bits per heavy atom. The van der Waals surface area contributed by atoms with E-state index in [2.05, 4.69) is 52.8 Å². The van der Waals surface area contributed by atoms with Crippen LogP contribution >= 0.6 is 59.1 Å². The number of phenolic OH excluding ortho intramolecular Hbond substituents is 1. The van der Waals surface area contributed by atoms with E-state index in [1.165, 1.54) is 11.7 Å². The summed E-state index contributed by atoms with van der Waals surface area (Å²) in [5.41, 5.74) is 1.35. The Morgan fingerprint density at radius 2 is 1.87 bits per heavy atom. The number of methoxy groups -OCH3 is 1. The third kappa shape index (κ3) is 5.36. The average molecular weight is 731 g/mol. The number of ether oxygens (including phenoxy) is 3. The molecule has 1 atom stereocenters. The summed E-state index contributed by atoms with van der Waals surface area (Å²) in [6.45, 7) is 5.90. The second-order valence-electron chi connectivity index (χ2n) is 8.09. The molecule has 0 saturated heterocycles. The van der Waals surface area contributed by atoms with E-state index in [0.717, 1.165) is 15.8 Å². The molecular weight excluding hydrogens is 708 g/mol. The number of thiazole rings is 1. The van der Waals surface area contributed by atoms with E-state index >= 15 is 0 Å². The summed E-state index contributed by atoms with van der Waals surface area (Å²) in [5, 5.41) is 10.6. The molecule has 12 heteroatoms. The Hall–Kier alpha value is -2.41. The van der Waals surface area contributed by atoms with Crippen LogP contribution in [0.3, 0.4) is 0 Å². The van der Waals surface area contributed by atoms with Crippen LogP contribution in [0.2, 0.25) is 0 Å². The van der Waals surface area contributed by atoms with Crippen LogP contribution in [0.15, 0.2) is 58.7 Å². The van der Waals surface area contributed by atoms with Crippen molar-refractivity contribution >= 4 is 71.2 Å². The average Bonchev–Trinajstić information content (AvgIpc) is 3.16. The van der Waals surface area contributed by atoms with Crippen molar-refractivity contribution in [1.82, 2.24) is 4.57 Å². The molecule has 0 fully saturated rings. The van der Waals surface area contributed by atoms with Gasteiger partial charge in [-0.25, -0.2) is 9.79 Å². The number of fused-ring (bicyclic) bond motifs is 1. The molecule has 1 aliphatic heterocycles. The van der Waals surface area contributed by atoms with E-state index in [1.54, 1.807) is 44.2 Å². The highest BCUT2D eigenvalue weighted by Crippen LogP contribution is 2.41. The molecule has 0 bridgehead atoms. The minimum atomic E-state index is -0.853. The maximum Gasteiger partial charge on any atom is 0.338 e. The third-order valence-electron chi connectivity index (χ3n) is 5.74. The third-order valence-corrected chi connectivity index (χ3v) is 8.47. The van der Waals surface area contributed by atoms with Gasteiger partial charge >= 0.3 is 5.97 Å². The Balaban J connectivity index is 2.02. The molecule has 3 aromatic rings. The SMILES string of the molecule is CCOC(=O)C1=C(C)N=c2s/c(=C/c3cc(Br)cc(Br)c3O)c(=O)n2[C@H]1c1cc(OC)c(OCC)cc1Br. The van der Waals surface area contributed by atoms with Gasteiger partial charge in [-0.05, 0) is 72.6 Å². The molecule has 38 heavy (non-hydrogen) atoms. The minimum Gasteiger partial charge on any atom is -0.506 e. The monoisotopic (exact) mass is 728 g/mol. The number of aromatic nitrogens is 1. The van der Waals surface area contributed by atoms with Crippen LogP contribution < -0.4 is 24.4 Å². The summed E-state index contributed by atoms with van der Waals surface area (Å²) in [6.07, 6.45) is 1.60. The van der Waals surface area contributed by atoms with Gasteiger partial charge in [0.25, 0.3) is 5.56 Å². The van der Waals surface area contributed by atoms with E-state index in [0.29, 0.717) is 53.2 Å². The number of aromatic hydroxyl groups is 1. The lowest BCUT2D eigenvalue weighted by Crippen LogP contribution is -2.40. The molecule has 1 aliphatic rings. The van der Waals surface area contributed by atoms with Gasteiger partial charge in [-0.3, -0.25) is 9.36 Å². The Morgan fingerprint density at radius 3 is 2.53 bits per heavy atom. The molecule has 0 radical (unpaired) electrons. The molecule has 1 N–H and O–H groups in total. The van der Waals surface area contributed by atoms with E-state index in [-0.39, 0.29) is 23.5 Å². The van der Waals surface area contributed by atoms with Crippen molar-refractivity contribution in [2.24, 2.45) is 4.99 Å². The highest BCUT2D eigenvalue weighted by molar-refractivity contribution is 9.11. The summed E-state index contributed by atoms with van der Waals surface area (Å²) in [6, 6.07) is 6.06. The van der Waals surface area contributed by atoms with Gasteiger partial charge in [-0.15, -0.1) is 0 Å². The number of esters is 1. The predicted octanol–water partition coefficient (Wildman–Crippen LogP) is 5.20. The lowest BCUT2D eigenvalue weighted by Gasteiger charge is -2.26. The Bertz CT molecular complexity index is 1640. The zero-order chi connectivity index (χ0) is 27.7. The molecule has 0 saturated carbocycles. The number of carbonyl (C=O) groups is 1. The van der Waals surface area contributed by atoms with Crippen LogP contribution in [0.1, 0.15) is 37.9 Å². The fraction of sp³-hybridized carbons (Fsp3) is 0.269. The fourth-order valence-corrected chi connectivity index (χ4v) is 6.95. The first-order valence-corrected chi connectivity index (χ1v) is 14.7. The molecule has 2 heterocycles. The van der Waals surface area contributed by atoms with E-state index < -0.39 is 12.0 Å². The Kier molecular flexibility index (Phi) is 8.85. The standard InChI is InChI=1S/C26H23Br3N2O6S/c1-5-36-19-11-16(28)15(10-18(19)35-4)22-21(25(34)37-6-2)12(3)30-26-31(22)24(33)20(38-26)8-13-7-14(27)9-17(29)23(13)32/h7-11,22,32H,5-6H2,1-4H3/b20-8+/t22-/m0/s1. The number of allylic oxidation sites excluding steroid dienone is 1. The van der Waals surface area contributed by atoms with Crippen LogP contribution in [0, 0.1) is 0 Å². The molecule has 2 aromatic carbocycles. The summed E-state index contributed by atoms with van der Waals surface area (Å²) < 4.78 is 20.3. The zero-order valence-electron chi connectivity index (χ0n) is 20.8. The number of hydrogen-bond acceptors (Lipinski definition) is 8. The van der Waals surface area contributed by atoms with Gasteiger partial charge in [0.05, 0.1) is 46.6 Å². The summed E-state index contributed by atoms with van der Waals surface area (Å²) in [7, 11) is 1.52. The van der Waals surface area contributed by atoms with Crippen molar-refractivity contribution in [2.45, 2.75) is 26.8 Å². The van der Waals surface area contributed by atoms with E-state index in [1.807, 2.05) is 6.92 Å². The van der Waals surface area contributed by atoms with Crippen LogP contribution in [0.5, 0.6) is 17.2 Å². The van der Waals surface area contributed by atoms with Gasteiger partial charge in [-0.1, -0.05) is 43.2 Å². The number of nitrogens with zero attached hydrogens (tertiary/aromatic N) is 2.